The van der Waals surface area contributed by atoms with Crippen molar-refractivity contribution in [2.24, 2.45) is 0 Å². The fourth-order valence-electron chi connectivity index (χ4n) is 7.68. The molecule has 1 heterocycles. The van der Waals surface area contributed by atoms with E-state index in [2.05, 4.69) is 197 Å². The van der Waals surface area contributed by atoms with Crippen molar-refractivity contribution in [2.75, 3.05) is 9.80 Å². The minimum Gasteiger partial charge on any atom is -0.456 e. The molecule has 3 heteroatoms. The second kappa shape index (κ2) is 12.7. The van der Waals surface area contributed by atoms with E-state index in [9.17, 15) is 0 Å². The molecule has 9 rings (SSSR count). The molecule has 0 spiro atoms. The first kappa shape index (κ1) is 32.6. The van der Waals surface area contributed by atoms with Gasteiger partial charge in [-0.3, -0.25) is 0 Å². The molecule has 0 saturated carbocycles. The Morgan fingerprint density at radius 2 is 0.698 bits per heavy atom. The number of furan rings is 1. The van der Waals surface area contributed by atoms with Gasteiger partial charge in [-0.15, -0.1) is 0 Å². The van der Waals surface area contributed by atoms with Gasteiger partial charge in [0.05, 0.1) is 0 Å². The van der Waals surface area contributed by atoms with Crippen molar-refractivity contribution in [3.05, 3.63) is 179 Å². The molecule has 0 aliphatic rings. The summed E-state index contributed by atoms with van der Waals surface area (Å²) in [5.74, 6) is 0. The van der Waals surface area contributed by atoms with Crippen LogP contribution in [-0.2, 0) is 0 Å². The molecule has 0 amide bonds. The van der Waals surface area contributed by atoms with Gasteiger partial charge >= 0.3 is 0 Å². The zero-order valence-electron chi connectivity index (χ0n) is 31.2. The van der Waals surface area contributed by atoms with Gasteiger partial charge in [0, 0.05) is 44.9 Å². The highest BCUT2D eigenvalue weighted by Crippen LogP contribution is 2.42. The summed E-state index contributed by atoms with van der Waals surface area (Å²) < 4.78 is 6.68. The van der Waals surface area contributed by atoms with Crippen LogP contribution in [0.3, 0.4) is 0 Å². The van der Waals surface area contributed by atoms with E-state index in [-0.39, 0.29) is 0 Å². The third-order valence-electron chi connectivity index (χ3n) is 10.7. The van der Waals surface area contributed by atoms with Gasteiger partial charge in [0.2, 0.25) is 0 Å². The van der Waals surface area contributed by atoms with Crippen molar-refractivity contribution in [3.63, 3.8) is 0 Å². The summed E-state index contributed by atoms with van der Waals surface area (Å²) in [6.45, 7) is 13.0. The maximum absolute atomic E-state index is 6.68. The van der Waals surface area contributed by atoms with Crippen LogP contribution in [0.4, 0.5) is 34.1 Å². The van der Waals surface area contributed by atoms with E-state index in [0.717, 1.165) is 55.5 Å². The highest BCUT2D eigenvalue weighted by molar-refractivity contribution is 6.14. The molecule has 8 aromatic carbocycles. The van der Waals surface area contributed by atoms with Crippen LogP contribution >= 0.6 is 0 Å². The third kappa shape index (κ3) is 5.89. The van der Waals surface area contributed by atoms with Crippen LogP contribution in [0, 0.1) is 41.5 Å². The van der Waals surface area contributed by atoms with Crippen molar-refractivity contribution in [1.82, 2.24) is 0 Å². The Balaban J connectivity index is 1.16. The van der Waals surface area contributed by atoms with E-state index >= 15 is 0 Å². The van der Waals surface area contributed by atoms with Crippen molar-refractivity contribution in [3.8, 4) is 0 Å². The fourth-order valence-corrected chi connectivity index (χ4v) is 7.68. The van der Waals surface area contributed by atoms with E-state index in [4.69, 9.17) is 4.42 Å². The lowest BCUT2D eigenvalue weighted by Gasteiger charge is -2.28. The Morgan fingerprint density at radius 1 is 0.321 bits per heavy atom. The Hall–Kier alpha value is -6.32. The SMILES string of the molecule is Cc1ccc(N(c2ccc3cc4c(cc3c2)oc2cc3cc(N(c5ccc(C)cc5)c5cc(C)ccc5C)ccc3cc24)c2cc(C)ccc2C)cc1. The monoisotopic (exact) mass is 686 g/mol. The molecule has 1 aromatic heterocycles. The third-order valence-corrected chi connectivity index (χ3v) is 10.7. The quantitative estimate of drug-likeness (QED) is 0.174. The van der Waals surface area contributed by atoms with Crippen LogP contribution in [0.2, 0.25) is 0 Å². The number of hydrogen-bond donors (Lipinski definition) is 0. The predicted molar refractivity (Wildman–Crippen MR) is 227 cm³/mol. The number of nitrogens with zero attached hydrogens (tertiary/aromatic N) is 2. The van der Waals surface area contributed by atoms with E-state index in [1.54, 1.807) is 0 Å². The van der Waals surface area contributed by atoms with Crippen molar-refractivity contribution in [2.45, 2.75) is 41.5 Å². The van der Waals surface area contributed by atoms with Crippen LogP contribution < -0.4 is 9.80 Å². The molecular formula is C50H42N2O. The first-order chi connectivity index (χ1) is 25.7. The molecule has 0 aliphatic carbocycles. The number of aryl methyl sites for hydroxylation is 6. The number of anilines is 6. The Bertz CT molecular complexity index is 2650. The summed E-state index contributed by atoms with van der Waals surface area (Å²) in [6.07, 6.45) is 0. The normalized spacial score (nSPS) is 11.6. The first-order valence-corrected chi connectivity index (χ1v) is 18.4. The lowest BCUT2D eigenvalue weighted by Crippen LogP contribution is -2.11. The van der Waals surface area contributed by atoms with Crippen molar-refractivity contribution in [1.29, 1.82) is 0 Å². The topological polar surface area (TPSA) is 19.6 Å². The van der Waals surface area contributed by atoms with Crippen LogP contribution in [0.25, 0.3) is 43.5 Å². The maximum Gasteiger partial charge on any atom is 0.136 e. The molecule has 3 nitrogen and oxygen atoms in total. The molecule has 0 atom stereocenters. The predicted octanol–water partition coefficient (Wildman–Crippen LogP) is 14.7. The van der Waals surface area contributed by atoms with Crippen LogP contribution in [0.5, 0.6) is 0 Å². The van der Waals surface area contributed by atoms with Crippen molar-refractivity contribution >= 4 is 77.6 Å². The zero-order chi connectivity index (χ0) is 36.4. The summed E-state index contributed by atoms with van der Waals surface area (Å²) >= 11 is 0. The minimum atomic E-state index is 0.894. The largest absolute Gasteiger partial charge is 0.456 e. The zero-order valence-corrected chi connectivity index (χ0v) is 31.2. The summed E-state index contributed by atoms with van der Waals surface area (Å²) in [7, 11) is 0. The number of fused-ring (bicyclic) bond motifs is 5. The van der Waals surface area contributed by atoms with Crippen LogP contribution in [0.1, 0.15) is 33.4 Å². The highest BCUT2D eigenvalue weighted by Gasteiger charge is 2.19. The summed E-state index contributed by atoms with van der Waals surface area (Å²) in [4.78, 5) is 4.74. The van der Waals surface area contributed by atoms with Gasteiger partial charge in [0.15, 0.2) is 0 Å². The van der Waals surface area contributed by atoms with E-state index in [0.29, 0.717) is 0 Å². The smallest absolute Gasteiger partial charge is 0.136 e. The molecule has 0 saturated heterocycles. The number of rotatable bonds is 6. The minimum absolute atomic E-state index is 0.894. The molecular weight excluding hydrogens is 645 g/mol. The van der Waals surface area contributed by atoms with Gasteiger partial charge in [-0.05, 0) is 170 Å². The van der Waals surface area contributed by atoms with Crippen LogP contribution in [0.15, 0.2) is 150 Å². The molecule has 0 aliphatic heterocycles. The molecule has 9 aromatic rings. The second-order valence-electron chi connectivity index (χ2n) is 14.8. The fraction of sp³-hybridized carbons (Fsp3) is 0.120. The molecule has 0 radical (unpaired) electrons. The Morgan fingerprint density at radius 3 is 1.11 bits per heavy atom. The lowest BCUT2D eigenvalue weighted by atomic mass is 10.0. The number of hydrogen-bond acceptors (Lipinski definition) is 3. The molecule has 0 unspecified atom stereocenters. The van der Waals surface area contributed by atoms with E-state index < -0.39 is 0 Å². The van der Waals surface area contributed by atoms with Gasteiger partial charge in [0.25, 0.3) is 0 Å². The van der Waals surface area contributed by atoms with Gasteiger partial charge in [-0.25, -0.2) is 0 Å². The molecule has 53 heavy (non-hydrogen) atoms. The molecule has 0 bridgehead atoms. The highest BCUT2D eigenvalue weighted by atomic mass is 16.3. The van der Waals surface area contributed by atoms with Gasteiger partial charge < -0.3 is 14.2 Å². The first-order valence-electron chi connectivity index (χ1n) is 18.4. The molecule has 0 N–H and O–H groups in total. The Kier molecular flexibility index (Phi) is 7.82. The summed E-state index contributed by atoms with van der Waals surface area (Å²) in [5.41, 5.74) is 16.1. The maximum atomic E-state index is 6.68. The second-order valence-corrected chi connectivity index (χ2v) is 14.8. The van der Waals surface area contributed by atoms with E-state index in [1.807, 2.05) is 0 Å². The lowest BCUT2D eigenvalue weighted by molar-refractivity contribution is 0.670. The van der Waals surface area contributed by atoms with Crippen LogP contribution in [-0.4, -0.2) is 0 Å². The average Bonchev–Trinajstić information content (AvgIpc) is 3.50. The van der Waals surface area contributed by atoms with Gasteiger partial charge in [0.1, 0.15) is 11.2 Å². The van der Waals surface area contributed by atoms with E-state index in [1.165, 1.54) is 55.5 Å². The number of benzene rings is 8. The molecule has 258 valence electrons. The Labute approximate surface area is 311 Å². The summed E-state index contributed by atoms with van der Waals surface area (Å²) in [5, 5.41) is 6.93. The van der Waals surface area contributed by atoms with Gasteiger partial charge in [-0.1, -0.05) is 71.8 Å². The van der Waals surface area contributed by atoms with Gasteiger partial charge in [-0.2, -0.15) is 0 Å². The van der Waals surface area contributed by atoms with Crippen molar-refractivity contribution < 1.29 is 4.42 Å². The summed E-state index contributed by atoms with van der Waals surface area (Å²) in [6, 6.07) is 53.5. The average molecular weight is 687 g/mol. The standard InChI is InChI=1S/C50H42N2O/c1-31-9-17-41(18-10-31)51(47-23-33(3)7-13-35(47)5)43-21-15-37-27-45-46-28-38-16-22-44(26-40(38)30-50(46)53-49(45)29-39(37)25-43)52(42-19-11-32(2)12-20-42)48-24-34(4)8-14-36(48)6/h7-30H,1-6H3. The molecule has 0 fully saturated rings.